The lowest BCUT2D eigenvalue weighted by Crippen LogP contribution is -2.27. The lowest BCUT2D eigenvalue weighted by molar-refractivity contribution is 0.0635. The Morgan fingerprint density at radius 1 is 1.41 bits per heavy atom. The average molecular weight is 308 g/mol. The van der Waals surface area contributed by atoms with Crippen LogP contribution in [0.4, 0.5) is 15.3 Å². The van der Waals surface area contributed by atoms with E-state index in [2.05, 4.69) is 10.6 Å². The Hall–Kier alpha value is -2.44. The van der Waals surface area contributed by atoms with Crippen molar-refractivity contribution in [2.75, 3.05) is 19.0 Å². The number of amides is 2. The molecule has 120 valence electrons. The fraction of sp³-hybridized carbons (Fsp3) is 0.467. The first-order chi connectivity index (χ1) is 10.3. The number of carbonyl (C=O) groups is 2. The molecule has 0 spiro atoms. The molecule has 0 aliphatic carbocycles. The number of carbonyl (C=O) groups excluding carboxylic acids is 2. The first kappa shape index (κ1) is 15.9. The van der Waals surface area contributed by atoms with Crippen LogP contribution in [-0.4, -0.2) is 31.5 Å². The number of hydrogen-bond acceptors (Lipinski definition) is 5. The number of benzene rings is 1. The van der Waals surface area contributed by atoms with E-state index in [4.69, 9.17) is 14.2 Å². The van der Waals surface area contributed by atoms with Gasteiger partial charge in [0.1, 0.15) is 18.0 Å². The number of nitrogens with one attached hydrogen (secondary N) is 2. The van der Waals surface area contributed by atoms with Crippen LogP contribution >= 0.6 is 0 Å². The minimum atomic E-state index is -0.581. The molecule has 1 fully saturated rings. The quantitative estimate of drug-likeness (QED) is 0.896. The topological polar surface area (TPSA) is 85.9 Å². The normalized spacial score (nSPS) is 17.5. The SMILES string of the molecule is COc1cc(C2COC(=O)N2)ccc1NC(=O)OC(C)(C)C. The summed E-state index contributed by atoms with van der Waals surface area (Å²) in [5.41, 5.74) is 0.742. The second kappa shape index (κ2) is 6.13. The van der Waals surface area contributed by atoms with Crippen molar-refractivity contribution >= 4 is 17.9 Å². The van der Waals surface area contributed by atoms with Crippen LogP contribution in [-0.2, 0) is 9.47 Å². The fourth-order valence-electron chi connectivity index (χ4n) is 2.01. The van der Waals surface area contributed by atoms with Crippen LogP contribution in [0.1, 0.15) is 32.4 Å². The molecule has 1 aromatic rings. The summed E-state index contributed by atoms with van der Waals surface area (Å²) in [4.78, 5) is 22.9. The van der Waals surface area contributed by atoms with Gasteiger partial charge < -0.3 is 19.5 Å². The Kier molecular flexibility index (Phi) is 4.44. The third-order valence-corrected chi connectivity index (χ3v) is 2.94. The van der Waals surface area contributed by atoms with Crippen LogP contribution in [0.25, 0.3) is 0 Å². The number of ether oxygens (including phenoxy) is 3. The van der Waals surface area contributed by atoms with E-state index in [1.165, 1.54) is 7.11 Å². The number of anilines is 1. The Morgan fingerprint density at radius 3 is 2.68 bits per heavy atom. The lowest BCUT2D eigenvalue weighted by atomic mass is 10.1. The van der Waals surface area contributed by atoms with Crippen molar-refractivity contribution in [1.29, 1.82) is 0 Å². The van der Waals surface area contributed by atoms with Gasteiger partial charge in [-0.05, 0) is 38.5 Å². The smallest absolute Gasteiger partial charge is 0.412 e. The summed E-state index contributed by atoms with van der Waals surface area (Å²) in [6.07, 6.45) is -1.00. The molecule has 1 aromatic carbocycles. The lowest BCUT2D eigenvalue weighted by Gasteiger charge is -2.20. The highest BCUT2D eigenvalue weighted by atomic mass is 16.6. The Bertz CT molecular complexity index is 580. The highest BCUT2D eigenvalue weighted by Crippen LogP contribution is 2.30. The van der Waals surface area contributed by atoms with E-state index < -0.39 is 17.8 Å². The Balaban J connectivity index is 2.12. The minimum Gasteiger partial charge on any atom is -0.495 e. The van der Waals surface area contributed by atoms with Crippen molar-refractivity contribution < 1.29 is 23.8 Å². The molecule has 0 saturated carbocycles. The summed E-state index contributed by atoms with van der Waals surface area (Å²) in [6, 6.07) is 5.00. The third-order valence-electron chi connectivity index (χ3n) is 2.94. The van der Waals surface area contributed by atoms with Gasteiger partial charge in [0.25, 0.3) is 0 Å². The van der Waals surface area contributed by atoms with Gasteiger partial charge in [0.15, 0.2) is 0 Å². The predicted octanol–water partition coefficient (Wildman–Crippen LogP) is 2.82. The number of methoxy groups -OCH3 is 1. The molecule has 0 aromatic heterocycles. The highest BCUT2D eigenvalue weighted by molar-refractivity contribution is 5.87. The van der Waals surface area contributed by atoms with Gasteiger partial charge in [-0.3, -0.25) is 5.32 Å². The van der Waals surface area contributed by atoms with Crippen LogP contribution < -0.4 is 15.4 Å². The number of alkyl carbamates (subject to hydrolysis) is 1. The number of cyclic esters (lactones) is 1. The van der Waals surface area contributed by atoms with E-state index in [9.17, 15) is 9.59 Å². The average Bonchev–Trinajstić information content (AvgIpc) is 2.83. The van der Waals surface area contributed by atoms with Gasteiger partial charge in [-0.2, -0.15) is 0 Å². The summed E-state index contributed by atoms with van der Waals surface area (Å²) < 4.78 is 15.3. The van der Waals surface area contributed by atoms with E-state index in [1.807, 2.05) is 0 Å². The van der Waals surface area contributed by atoms with Crippen LogP contribution in [0.5, 0.6) is 5.75 Å². The van der Waals surface area contributed by atoms with Gasteiger partial charge in [-0.15, -0.1) is 0 Å². The maximum atomic E-state index is 11.8. The molecule has 0 radical (unpaired) electrons. The molecular weight excluding hydrogens is 288 g/mol. The van der Waals surface area contributed by atoms with E-state index in [0.717, 1.165) is 5.56 Å². The molecule has 1 heterocycles. The minimum absolute atomic E-state index is 0.225. The van der Waals surface area contributed by atoms with Crippen LogP contribution in [0.2, 0.25) is 0 Å². The van der Waals surface area contributed by atoms with E-state index in [-0.39, 0.29) is 12.6 Å². The number of rotatable bonds is 3. The largest absolute Gasteiger partial charge is 0.495 e. The van der Waals surface area contributed by atoms with Gasteiger partial charge in [0.05, 0.1) is 18.8 Å². The molecule has 1 aliphatic rings. The summed E-state index contributed by atoms with van der Waals surface area (Å²) >= 11 is 0. The van der Waals surface area contributed by atoms with Crippen molar-refractivity contribution in [2.45, 2.75) is 32.4 Å². The van der Waals surface area contributed by atoms with Crippen molar-refractivity contribution in [3.63, 3.8) is 0 Å². The van der Waals surface area contributed by atoms with Crippen LogP contribution in [0.3, 0.4) is 0 Å². The second-order valence-corrected chi connectivity index (χ2v) is 5.88. The first-order valence-electron chi connectivity index (χ1n) is 6.90. The van der Waals surface area contributed by atoms with Crippen molar-refractivity contribution in [3.8, 4) is 5.75 Å². The second-order valence-electron chi connectivity index (χ2n) is 5.88. The number of hydrogen-bond donors (Lipinski definition) is 2. The molecule has 1 atom stereocenters. The molecule has 0 bridgehead atoms. The van der Waals surface area contributed by atoms with Gasteiger partial charge in [-0.1, -0.05) is 6.07 Å². The van der Waals surface area contributed by atoms with Gasteiger partial charge in [0, 0.05) is 0 Å². The third kappa shape index (κ3) is 4.03. The van der Waals surface area contributed by atoms with Gasteiger partial charge in [-0.25, -0.2) is 9.59 Å². The van der Waals surface area contributed by atoms with Crippen molar-refractivity contribution in [2.24, 2.45) is 0 Å². The van der Waals surface area contributed by atoms with E-state index >= 15 is 0 Å². The Labute approximate surface area is 128 Å². The maximum Gasteiger partial charge on any atom is 0.412 e. The standard InChI is InChI=1S/C15H20N2O5/c1-15(2,3)22-14(19)16-10-6-5-9(7-12(10)20-4)11-8-21-13(18)17-11/h5-7,11H,8H2,1-4H3,(H,16,19)(H,17,18). The molecule has 1 aliphatic heterocycles. The first-order valence-corrected chi connectivity index (χ1v) is 6.90. The summed E-state index contributed by atoms with van der Waals surface area (Å²) in [7, 11) is 1.50. The molecular formula is C15H20N2O5. The molecule has 1 saturated heterocycles. The molecule has 22 heavy (non-hydrogen) atoms. The Morgan fingerprint density at radius 2 is 2.14 bits per heavy atom. The summed E-state index contributed by atoms with van der Waals surface area (Å²) in [6.45, 7) is 5.63. The summed E-state index contributed by atoms with van der Waals surface area (Å²) in [5.74, 6) is 0.476. The van der Waals surface area contributed by atoms with Gasteiger partial charge >= 0.3 is 12.2 Å². The molecule has 2 amide bonds. The zero-order chi connectivity index (χ0) is 16.3. The van der Waals surface area contributed by atoms with Crippen molar-refractivity contribution in [1.82, 2.24) is 5.32 Å². The molecule has 7 nitrogen and oxygen atoms in total. The fourth-order valence-corrected chi connectivity index (χ4v) is 2.01. The highest BCUT2D eigenvalue weighted by Gasteiger charge is 2.25. The van der Waals surface area contributed by atoms with E-state index in [1.54, 1.807) is 39.0 Å². The summed E-state index contributed by atoms with van der Waals surface area (Å²) in [5, 5.41) is 5.32. The monoisotopic (exact) mass is 308 g/mol. The van der Waals surface area contributed by atoms with Crippen LogP contribution in [0.15, 0.2) is 18.2 Å². The zero-order valence-corrected chi connectivity index (χ0v) is 13.1. The molecule has 1 unspecified atom stereocenters. The van der Waals surface area contributed by atoms with Crippen molar-refractivity contribution in [3.05, 3.63) is 23.8 Å². The van der Waals surface area contributed by atoms with Gasteiger partial charge in [0.2, 0.25) is 0 Å². The molecule has 2 rings (SSSR count). The molecule has 7 heteroatoms. The molecule has 2 N–H and O–H groups in total. The maximum absolute atomic E-state index is 11.8. The zero-order valence-electron chi connectivity index (χ0n) is 13.1. The van der Waals surface area contributed by atoms with E-state index in [0.29, 0.717) is 11.4 Å². The predicted molar refractivity (Wildman–Crippen MR) is 80.1 cm³/mol. The van der Waals surface area contributed by atoms with Crippen LogP contribution in [0, 0.1) is 0 Å².